The molecule has 3 nitrogen and oxygen atoms in total. The van der Waals surface area contributed by atoms with E-state index in [-0.39, 0.29) is 0 Å². The lowest BCUT2D eigenvalue weighted by Crippen LogP contribution is -2.30. The Morgan fingerprint density at radius 3 is 2.72 bits per heavy atom. The van der Waals surface area contributed by atoms with Crippen molar-refractivity contribution in [2.24, 2.45) is 0 Å². The van der Waals surface area contributed by atoms with Gasteiger partial charge in [-0.3, -0.25) is 0 Å². The molecule has 0 amide bonds. The summed E-state index contributed by atoms with van der Waals surface area (Å²) in [5.41, 5.74) is 8.93. The number of hydrogen-bond acceptors (Lipinski definition) is 4. The molecule has 0 spiro atoms. The molecule has 2 aromatic rings. The third-order valence-corrected chi connectivity index (χ3v) is 3.78. The molecule has 0 radical (unpaired) electrons. The summed E-state index contributed by atoms with van der Waals surface area (Å²) in [7, 11) is 0. The molecule has 4 heteroatoms. The minimum atomic E-state index is 0.414. The quantitative estimate of drug-likeness (QED) is 0.857. The van der Waals surface area contributed by atoms with Crippen LogP contribution in [0.5, 0.6) is 0 Å². The van der Waals surface area contributed by atoms with Gasteiger partial charge in [-0.2, -0.15) is 0 Å². The largest absolute Gasteiger partial charge is 0.399 e. The minimum Gasteiger partial charge on any atom is -0.399 e. The van der Waals surface area contributed by atoms with E-state index in [0.717, 1.165) is 23.1 Å². The highest BCUT2D eigenvalue weighted by atomic mass is 32.1. The van der Waals surface area contributed by atoms with Crippen molar-refractivity contribution < 1.29 is 0 Å². The Kier molecular flexibility index (Phi) is 3.87. The number of thiazole rings is 1. The van der Waals surface area contributed by atoms with Crippen LogP contribution in [-0.2, 0) is 6.54 Å². The van der Waals surface area contributed by atoms with Gasteiger partial charge in [0.15, 0.2) is 5.13 Å². The van der Waals surface area contributed by atoms with Gasteiger partial charge < -0.3 is 10.6 Å². The molecule has 96 valence electrons. The summed E-state index contributed by atoms with van der Waals surface area (Å²) in [6.07, 6.45) is 0. The molecular weight excluding hydrogens is 242 g/mol. The van der Waals surface area contributed by atoms with E-state index in [0.29, 0.717) is 6.04 Å². The van der Waals surface area contributed by atoms with E-state index in [4.69, 9.17) is 5.73 Å². The van der Waals surface area contributed by atoms with E-state index in [1.807, 2.05) is 25.1 Å². The van der Waals surface area contributed by atoms with Gasteiger partial charge in [-0.15, -0.1) is 11.3 Å². The summed E-state index contributed by atoms with van der Waals surface area (Å²) in [4.78, 5) is 6.86. The van der Waals surface area contributed by atoms with Gasteiger partial charge in [-0.05, 0) is 38.5 Å². The summed E-state index contributed by atoms with van der Waals surface area (Å²) in [6, 6.07) is 8.45. The van der Waals surface area contributed by atoms with Gasteiger partial charge in [-0.25, -0.2) is 4.98 Å². The van der Waals surface area contributed by atoms with Crippen LogP contribution in [0.25, 0.3) is 0 Å². The maximum atomic E-state index is 5.82. The van der Waals surface area contributed by atoms with Crippen LogP contribution in [-0.4, -0.2) is 11.0 Å². The molecule has 0 bridgehead atoms. The molecule has 0 saturated heterocycles. The molecular formula is C14H19N3S. The van der Waals surface area contributed by atoms with E-state index in [1.54, 1.807) is 11.3 Å². The van der Waals surface area contributed by atoms with Crippen LogP contribution in [0.3, 0.4) is 0 Å². The van der Waals surface area contributed by atoms with Gasteiger partial charge in [-0.1, -0.05) is 12.1 Å². The number of aromatic nitrogens is 1. The maximum absolute atomic E-state index is 5.82. The molecule has 0 aliphatic carbocycles. The predicted molar refractivity (Wildman–Crippen MR) is 79.0 cm³/mol. The maximum Gasteiger partial charge on any atom is 0.186 e. The van der Waals surface area contributed by atoms with Crippen LogP contribution in [0.4, 0.5) is 10.8 Å². The van der Waals surface area contributed by atoms with Crippen LogP contribution >= 0.6 is 11.3 Å². The van der Waals surface area contributed by atoms with Crippen molar-refractivity contribution in [1.29, 1.82) is 0 Å². The molecule has 0 atom stereocenters. The lowest BCUT2D eigenvalue weighted by Gasteiger charge is -2.26. The molecule has 1 aromatic heterocycles. The zero-order valence-corrected chi connectivity index (χ0v) is 11.9. The second kappa shape index (κ2) is 5.40. The van der Waals surface area contributed by atoms with E-state index >= 15 is 0 Å². The molecule has 0 aliphatic heterocycles. The lowest BCUT2D eigenvalue weighted by molar-refractivity contribution is 0.679. The number of benzene rings is 1. The zero-order valence-electron chi connectivity index (χ0n) is 11.1. The Morgan fingerprint density at radius 1 is 1.39 bits per heavy atom. The molecule has 2 N–H and O–H groups in total. The average molecular weight is 261 g/mol. The molecule has 18 heavy (non-hydrogen) atoms. The Hall–Kier alpha value is -1.55. The van der Waals surface area contributed by atoms with Gasteiger partial charge in [0, 0.05) is 23.7 Å². The number of nitrogen functional groups attached to an aromatic ring is 1. The van der Waals surface area contributed by atoms with Gasteiger partial charge in [0.1, 0.15) is 0 Å². The molecule has 1 aromatic carbocycles. The highest BCUT2D eigenvalue weighted by molar-refractivity contribution is 7.13. The number of anilines is 2. The van der Waals surface area contributed by atoms with Gasteiger partial charge in [0.25, 0.3) is 0 Å². The van der Waals surface area contributed by atoms with Crippen molar-refractivity contribution in [3.8, 4) is 0 Å². The first-order valence-electron chi connectivity index (χ1n) is 6.09. The van der Waals surface area contributed by atoms with Crippen molar-refractivity contribution in [3.05, 3.63) is 40.9 Å². The first-order chi connectivity index (χ1) is 8.56. The van der Waals surface area contributed by atoms with Gasteiger partial charge >= 0.3 is 0 Å². The molecule has 1 heterocycles. The Balaban J connectivity index is 2.22. The SMILES string of the molecule is Cc1csc(N(Cc2cccc(N)c2)C(C)C)n1. The molecule has 0 aliphatic rings. The third kappa shape index (κ3) is 3.01. The predicted octanol–water partition coefficient (Wildman–Crippen LogP) is 3.45. The van der Waals surface area contributed by atoms with Crippen molar-refractivity contribution >= 4 is 22.2 Å². The monoisotopic (exact) mass is 261 g/mol. The standard InChI is InChI=1S/C14H19N3S/c1-10(2)17(14-16-11(3)9-18-14)8-12-5-4-6-13(15)7-12/h4-7,9-10H,8,15H2,1-3H3. The van der Waals surface area contributed by atoms with Crippen LogP contribution in [0, 0.1) is 6.92 Å². The summed E-state index contributed by atoms with van der Waals surface area (Å²) in [6.45, 7) is 7.24. The van der Waals surface area contributed by atoms with Gasteiger partial charge in [0.2, 0.25) is 0 Å². The van der Waals surface area contributed by atoms with Crippen molar-refractivity contribution in [2.75, 3.05) is 10.6 Å². The minimum absolute atomic E-state index is 0.414. The van der Waals surface area contributed by atoms with Crippen LogP contribution < -0.4 is 10.6 Å². The molecule has 0 saturated carbocycles. The van der Waals surface area contributed by atoms with Crippen LogP contribution in [0.15, 0.2) is 29.6 Å². The molecule has 2 rings (SSSR count). The average Bonchev–Trinajstić information content (AvgIpc) is 2.72. The number of nitrogens with zero attached hydrogens (tertiary/aromatic N) is 2. The Bertz CT molecular complexity index is 519. The third-order valence-electron chi connectivity index (χ3n) is 2.78. The number of nitrogens with two attached hydrogens (primary N) is 1. The van der Waals surface area contributed by atoms with E-state index in [2.05, 4.69) is 35.2 Å². The van der Waals surface area contributed by atoms with E-state index < -0.39 is 0 Å². The van der Waals surface area contributed by atoms with E-state index in [9.17, 15) is 0 Å². The molecule has 0 unspecified atom stereocenters. The fraction of sp³-hybridized carbons (Fsp3) is 0.357. The number of aryl methyl sites for hydroxylation is 1. The highest BCUT2D eigenvalue weighted by Gasteiger charge is 2.14. The number of hydrogen-bond donors (Lipinski definition) is 1. The lowest BCUT2D eigenvalue weighted by atomic mass is 10.2. The second-order valence-corrected chi connectivity index (χ2v) is 5.57. The fourth-order valence-corrected chi connectivity index (χ4v) is 2.77. The highest BCUT2D eigenvalue weighted by Crippen LogP contribution is 2.24. The fourth-order valence-electron chi connectivity index (χ4n) is 1.83. The van der Waals surface area contributed by atoms with Gasteiger partial charge in [0.05, 0.1) is 5.69 Å². The summed E-state index contributed by atoms with van der Waals surface area (Å²) in [5, 5.41) is 3.16. The normalized spacial score (nSPS) is 10.9. The zero-order chi connectivity index (χ0) is 13.1. The number of rotatable bonds is 4. The van der Waals surface area contributed by atoms with Crippen molar-refractivity contribution in [2.45, 2.75) is 33.4 Å². The summed E-state index contributed by atoms with van der Waals surface area (Å²) in [5.74, 6) is 0. The van der Waals surface area contributed by atoms with Crippen LogP contribution in [0.1, 0.15) is 25.1 Å². The first-order valence-corrected chi connectivity index (χ1v) is 6.97. The topological polar surface area (TPSA) is 42.1 Å². The summed E-state index contributed by atoms with van der Waals surface area (Å²) >= 11 is 1.69. The Labute approximate surface area is 112 Å². The molecule has 0 fully saturated rings. The first kappa shape index (κ1) is 12.9. The van der Waals surface area contributed by atoms with Crippen molar-refractivity contribution in [3.63, 3.8) is 0 Å². The Morgan fingerprint density at radius 2 is 2.17 bits per heavy atom. The van der Waals surface area contributed by atoms with Crippen LogP contribution in [0.2, 0.25) is 0 Å². The van der Waals surface area contributed by atoms with Crippen molar-refractivity contribution in [1.82, 2.24) is 4.98 Å². The summed E-state index contributed by atoms with van der Waals surface area (Å²) < 4.78 is 0. The van der Waals surface area contributed by atoms with E-state index in [1.165, 1.54) is 5.56 Å². The smallest absolute Gasteiger partial charge is 0.186 e. The second-order valence-electron chi connectivity index (χ2n) is 4.74.